The molecule has 0 unspecified atom stereocenters. The van der Waals surface area contributed by atoms with Gasteiger partial charge in [0.2, 0.25) is 5.91 Å². The summed E-state index contributed by atoms with van der Waals surface area (Å²) >= 11 is 1.71. The van der Waals surface area contributed by atoms with E-state index in [0.717, 1.165) is 30.6 Å². The third kappa shape index (κ3) is 5.14. The van der Waals surface area contributed by atoms with Gasteiger partial charge in [-0.2, -0.15) is 0 Å². The Morgan fingerprint density at radius 3 is 2.68 bits per heavy atom. The highest BCUT2D eigenvalue weighted by atomic mass is 32.1. The van der Waals surface area contributed by atoms with Crippen molar-refractivity contribution in [3.63, 3.8) is 0 Å². The molecule has 5 rings (SSSR count). The Hall–Kier alpha value is -3.19. The van der Waals surface area contributed by atoms with Gasteiger partial charge in [0.15, 0.2) is 0 Å². The molecule has 1 fully saturated rings. The second kappa shape index (κ2) is 9.97. The average molecular weight is 479 g/mol. The number of fused-ring (bicyclic) bond motifs is 1. The van der Waals surface area contributed by atoms with Crippen LogP contribution in [-0.4, -0.2) is 47.9 Å². The first kappa shape index (κ1) is 22.6. The van der Waals surface area contributed by atoms with Gasteiger partial charge in [0.25, 0.3) is 5.91 Å². The van der Waals surface area contributed by atoms with E-state index in [1.165, 1.54) is 23.1 Å². The van der Waals surface area contributed by atoms with Gasteiger partial charge in [0.1, 0.15) is 24.7 Å². The van der Waals surface area contributed by atoms with Gasteiger partial charge in [-0.05, 0) is 72.5 Å². The van der Waals surface area contributed by atoms with E-state index in [9.17, 15) is 14.0 Å². The van der Waals surface area contributed by atoms with E-state index in [4.69, 9.17) is 4.74 Å². The molecule has 0 N–H and O–H groups in total. The lowest BCUT2D eigenvalue weighted by atomic mass is 10.0. The van der Waals surface area contributed by atoms with E-state index in [1.54, 1.807) is 22.3 Å². The maximum Gasteiger partial charge on any atom is 0.254 e. The third-order valence-corrected chi connectivity index (χ3v) is 7.42. The summed E-state index contributed by atoms with van der Waals surface area (Å²) in [6.07, 6.45) is 2.90. The summed E-state index contributed by atoms with van der Waals surface area (Å²) in [6, 6.07) is 17.1. The zero-order valence-electron chi connectivity index (χ0n) is 18.9. The van der Waals surface area contributed by atoms with Crippen molar-refractivity contribution in [2.24, 2.45) is 5.92 Å². The maximum atomic E-state index is 13.7. The molecule has 0 bridgehead atoms. The minimum Gasteiger partial charge on any atom is -0.491 e. The number of ether oxygens (including phenoxy) is 1. The highest BCUT2D eigenvalue weighted by Gasteiger charge is 2.35. The average Bonchev–Trinajstić information content (AvgIpc) is 3.54. The van der Waals surface area contributed by atoms with E-state index in [2.05, 4.69) is 11.4 Å². The van der Waals surface area contributed by atoms with Crippen LogP contribution in [0, 0.1) is 11.7 Å². The summed E-state index contributed by atoms with van der Waals surface area (Å²) in [7, 11) is 0. The van der Waals surface area contributed by atoms with E-state index in [1.807, 2.05) is 35.2 Å². The molecule has 1 aliphatic carbocycles. The molecule has 2 amide bonds. The van der Waals surface area contributed by atoms with Gasteiger partial charge in [0.05, 0.1) is 6.04 Å². The summed E-state index contributed by atoms with van der Waals surface area (Å²) in [5.41, 5.74) is 1.39. The number of nitrogens with zero attached hydrogens (tertiary/aromatic N) is 2. The first-order valence-corrected chi connectivity index (χ1v) is 12.5. The van der Waals surface area contributed by atoms with Crippen molar-refractivity contribution in [1.82, 2.24) is 9.80 Å². The van der Waals surface area contributed by atoms with Crippen LogP contribution in [-0.2, 0) is 11.2 Å². The Morgan fingerprint density at radius 1 is 1.09 bits per heavy atom. The highest BCUT2D eigenvalue weighted by molar-refractivity contribution is 7.10. The Balaban J connectivity index is 1.34. The molecule has 1 atom stereocenters. The van der Waals surface area contributed by atoms with Crippen LogP contribution in [0.3, 0.4) is 0 Å². The lowest BCUT2D eigenvalue weighted by molar-refractivity contribution is -0.135. The van der Waals surface area contributed by atoms with Crippen LogP contribution in [0.1, 0.15) is 39.7 Å². The largest absolute Gasteiger partial charge is 0.491 e. The summed E-state index contributed by atoms with van der Waals surface area (Å²) < 4.78 is 19.8. The van der Waals surface area contributed by atoms with Crippen molar-refractivity contribution in [3.05, 3.63) is 87.9 Å². The number of halogens is 1. The SMILES string of the molecule is O=C(c1cccc(F)c1)N(CC(=O)N1CCc2sccc2[C@@H]1COc1ccccc1)CC1CC1. The van der Waals surface area contributed by atoms with Crippen LogP contribution in [0.5, 0.6) is 5.75 Å². The first-order valence-electron chi connectivity index (χ1n) is 11.7. The number of para-hydroxylation sites is 1. The van der Waals surface area contributed by atoms with Gasteiger partial charge in [-0.15, -0.1) is 11.3 Å². The predicted molar refractivity (Wildman–Crippen MR) is 129 cm³/mol. The van der Waals surface area contributed by atoms with Crippen LogP contribution >= 0.6 is 11.3 Å². The molecular formula is C27H27FN2O3S. The minimum atomic E-state index is -0.456. The van der Waals surface area contributed by atoms with E-state index < -0.39 is 5.82 Å². The molecule has 2 heterocycles. The lowest BCUT2D eigenvalue weighted by Crippen LogP contribution is -2.48. The zero-order valence-corrected chi connectivity index (χ0v) is 19.7. The Labute approximate surface area is 202 Å². The minimum absolute atomic E-state index is 0.0207. The molecule has 2 aromatic carbocycles. The van der Waals surface area contributed by atoms with Gasteiger partial charge in [0, 0.05) is 23.5 Å². The molecule has 0 spiro atoms. The quantitative estimate of drug-likeness (QED) is 0.461. The van der Waals surface area contributed by atoms with Crippen molar-refractivity contribution >= 4 is 23.2 Å². The zero-order chi connectivity index (χ0) is 23.5. The van der Waals surface area contributed by atoms with Crippen LogP contribution in [0.25, 0.3) is 0 Å². The van der Waals surface area contributed by atoms with E-state index >= 15 is 0 Å². The van der Waals surface area contributed by atoms with E-state index in [0.29, 0.717) is 25.6 Å². The van der Waals surface area contributed by atoms with Gasteiger partial charge < -0.3 is 14.5 Å². The van der Waals surface area contributed by atoms with Gasteiger partial charge in [-0.1, -0.05) is 24.3 Å². The molecular weight excluding hydrogens is 451 g/mol. The number of rotatable bonds is 8. The summed E-state index contributed by atoms with van der Waals surface area (Å²) in [6.45, 7) is 1.43. The number of carbonyl (C=O) groups excluding carboxylic acids is 2. The molecule has 176 valence electrons. The number of benzene rings is 2. The number of amides is 2. The van der Waals surface area contributed by atoms with Gasteiger partial charge >= 0.3 is 0 Å². The monoisotopic (exact) mass is 478 g/mol. The predicted octanol–water partition coefficient (Wildman–Crippen LogP) is 4.94. The summed E-state index contributed by atoms with van der Waals surface area (Å²) in [5.74, 6) is 0.304. The molecule has 3 aromatic rings. The van der Waals surface area contributed by atoms with Crippen LogP contribution in [0.15, 0.2) is 66.0 Å². The molecule has 0 saturated heterocycles. The maximum absolute atomic E-state index is 13.7. The fourth-order valence-corrected chi connectivity index (χ4v) is 5.38. The molecule has 2 aliphatic rings. The van der Waals surface area contributed by atoms with Crippen molar-refractivity contribution < 1.29 is 18.7 Å². The second-order valence-corrected chi connectivity index (χ2v) is 9.92. The Bertz CT molecular complexity index is 1160. The molecule has 0 radical (unpaired) electrons. The van der Waals surface area contributed by atoms with Crippen LogP contribution < -0.4 is 4.74 Å². The van der Waals surface area contributed by atoms with Crippen LogP contribution in [0.2, 0.25) is 0 Å². The number of carbonyl (C=O) groups is 2. The summed E-state index contributed by atoms with van der Waals surface area (Å²) in [4.78, 5) is 31.5. The number of thiophene rings is 1. The lowest BCUT2D eigenvalue weighted by Gasteiger charge is -2.37. The molecule has 7 heteroatoms. The Kier molecular flexibility index (Phi) is 6.63. The van der Waals surface area contributed by atoms with Gasteiger partial charge in [-0.3, -0.25) is 9.59 Å². The molecule has 34 heavy (non-hydrogen) atoms. The molecule has 1 aliphatic heterocycles. The standard InChI is InChI=1S/C27H27FN2O3S/c28-21-6-4-5-20(15-21)27(32)29(16-19-9-10-19)17-26(31)30-13-11-25-23(12-14-34-25)24(30)18-33-22-7-2-1-3-8-22/h1-8,12,14-15,19,24H,9-11,13,16-18H2/t24-/m0/s1. The van der Waals surface area contributed by atoms with E-state index in [-0.39, 0.29) is 30.0 Å². The topological polar surface area (TPSA) is 49.9 Å². The normalized spacial score (nSPS) is 17.2. The molecule has 5 nitrogen and oxygen atoms in total. The Morgan fingerprint density at radius 2 is 1.91 bits per heavy atom. The second-order valence-electron chi connectivity index (χ2n) is 8.92. The third-order valence-electron chi connectivity index (χ3n) is 6.43. The van der Waals surface area contributed by atoms with Gasteiger partial charge in [-0.25, -0.2) is 4.39 Å². The fraction of sp³-hybridized carbons (Fsp3) is 0.333. The smallest absolute Gasteiger partial charge is 0.254 e. The molecule has 1 saturated carbocycles. The highest BCUT2D eigenvalue weighted by Crippen LogP contribution is 2.35. The first-order chi connectivity index (χ1) is 16.6. The van der Waals surface area contributed by atoms with Crippen molar-refractivity contribution in [3.8, 4) is 5.75 Å². The van der Waals surface area contributed by atoms with Crippen molar-refractivity contribution in [2.75, 3.05) is 26.2 Å². The molecule has 1 aromatic heterocycles. The van der Waals surface area contributed by atoms with Crippen molar-refractivity contribution in [1.29, 1.82) is 0 Å². The number of hydrogen-bond donors (Lipinski definition) is 0. The fourth-order valence-electron chi connectivity index (χ4n) is 4.46. The van der Waals surface area contributed by atoms with Crippen LogP contribution in [0.4, 0.5) is 4.39 Å². The summed E-state index contributed by atoms with van der Waals surface area (Å²) in [5, 5.41) is 2.06. The van der Waals surface area contributed by atoms with Crippen molar-refractivity contribution in [2.45, 2.75) is 25.3 Å². The number of hydrogen-bond acceptors (Lipinski definition) is 4.